The molecule has 0 amide bonds. The van der Waals surface area contributed by atoms with Gasteiger partial charge < -0.3 is 10.1 Å². The molecule has 6 heteroatoms. The Morgan fingerprint density at radius 1 is 1.57 bits per heavy atom. The third-order valence-corrected chi connectivity index (χ3v) is 2.97. The molecule has 0 spiro atoms. The number of nitrogens with one attached hydrogen (secondary N) is 1. The van der Waals surface area contributed by atoms with Crippen LogP contribution in [0.4, 0.5) is 0 Å². The van der Waals surface area contributed by atoms with Crippen molar-refractivity contribution in [2.24, 2.45) is 0 Å². The van der Waals surface area contributed by atoms with Gasteiger partial charge >= 0.3 is 0 Å². The highest BCUT2D eigenvalue weighted by atomic mass is 79.9. The summed E-state index contributed by atoms with van der Waals surface area (Å²) in [6.07, 6.45) is 0. The summed E-state index contributed by atoms with van der Waals surface area (Å²) in [6, 6.07) is 0.517. The van der Waals surface area contributed by atoms with Gasteiger partial charge in [0.2, 0.25) is 0 Å². The lowest BCUT2D eigenvalue weighted by molar-refractivity contribution is -0.0351. The molecule has 1 fully saturated rings. The van der Waals surface area contributed by atoms with Crippen LogP contribution in [0.3, 0.4) is 0 Å². The van der Waals surface area contributed by atoms with Crippen molar-refractivity contribution in [1.29, 1.82) is 0 Å². The Morgan fingerprint density at radius 2 is 2.29 bits per heavy atom. The first-order valence-electron chi connectivity index (χ1n) is 4.59. The number of rotatable bonds is 3. The summed E-state index contributed by atoms with van der Waals surface area (Å²) in [4.78, 5) is 1.73. The molecule has 0 bridgehead atoms. The molecule has 0 radical (unpaired) electrons. The summed E-state index contributed by atoms with van der Waals surface area (Å²) >= 11 is 3.40. The van der Waals surface area contributed by atoms with Gasteiger partial charge in [0.25, 0.3) is 0 Å². The minimum atomic E-state index is 0.208. The van der Waals surface area contributed by atoms with Crippen molar-refractivity contribution in [3.63, 3.8) is 0 Å². The zero-order valence-corrected chi connectivity index (χ0v) is 9.78. The normalized spacial score (nSPS) is 19.4. The zero-order chi connectivity index (χ0) is 10.1. The van der Waals surface area contributed by atoms with Gasteiger partial charge in [0.15, 0.2) is 4.60 Å². The molecule has 5 nitrogen and oxygen atoms in total. The Labute approximate surface area is 90.9 Å². The van der Waals surface area contributed by atoms with Gasteiger partial charge in [0, 0.05) is 0 Å². The molecule has 1 unspecified atom stereocenters. The van der Waals surface area contributed by atoms with E-state index in [1.54, 1.807) is 4.80 Å². The Balaban J connectivity index is 2.20. The van der Waals surface area contributed by atoms with Crippen LogP contribution in [-0.2, 0) is 4.74 Å². The maximum absolute atomic E-state index is 5.09. The fourth-order valence-corrected chi connectivity index (χ4v) is 1.82. The molecule has 2 rings (SSSR count). The molecule has 14 heavy (non-hydrogen) atoms. The topological polar surface area (TPSA) is 52.0 Å². The van der Waals surface area contributed by atoms with E-state index in [1.165, 1.54) is 0 Å². The van der Waals surface area contributed by atoms with E-state index in [9.17, 15) is 0 Å². The molecule has 1 N–H and O–H groups in total. The maximum atomic E-state index is 5.09. The van der Waals surface area contributed by atoms with Gasteiger partial charge in [-0.25, -0.2) is 0 Å². The summed E-state index contributed by atoms with van der Waals surface area (Å²) in [6.45, 7) is 3.49. The third-order valence-electron chi connectivity index (χ3n) is 2.40. The van der Waals surface area contributed by atoms with E-state index in [0.29, 0.717) is 19.3 Å². The second kappa shape index (κ2) is 3.96. The van der Waals surface area contributed by atoms with Crippen LogP contribution in [0.2, 0.25) is 0 Å². The van der Waals surface area contributed by atoms with E-state index >= 15 is 0 Å². The molecule has 0 aromatic carbocycles. The fourth-order valence-electron chi connectivity index (χ4n) is 1.24. The molecule has 2 heterocycles. The van der Waals surface area contributed by atoms with Crippen molar-refractivity contribution in [2.45, 2.75) is 19.0 Å². The van der Waals surface area contributed by atoms with E-state index in [0.717, 1.165) is 10.3 Å². The average Bonchev–Trinajstić information content (AvgIpc) is 2.43. The fraction of sp³-hybridized carbons (Fsp3) is 0.750. The lowest BCUT2D eigenvalue weighted by Gasteiger charge is -2.24. The van der Waals surface area contributed by atoms with Gasteiger partial charge in [-0.1, -0.05) is 0 Å². The molecule has 0 saturated carbocycles. The molecular weight excluding hydrogens is 248 g/mol. The van der Waals surface area contributed by atoms with Crippen molar-refractivity contribution >= 4 is 15.9 Å². The van der Waals surface area contributed by atoms with Crippen molar-refractivity contribution in [3.05, 3.63) is 10.3 Å². The average molecular weight is 261 g/mol. The molecule has 0 aliphatic carbocycles. The molecule has 1 aromatic heterocycles. The molecule has 1 aromatic rings. The van der Waals surface area contributed by atoms with E-state index < -0.39 is 0 Å². The van der Waals surface area contributed by atoms with Crippen LogP contribution in [0.1, 0.15) is 24.7 Å². The number of ether oxygens (including phenoxy) is 1. The van der Waals surface area contributed by atoms with Crippen LogP contribution < -0.4 is 5.32 Å². The van der Waals surface area contributed by atoms with Crippen LogP contribution in [0.15, 0.2) is 4.60 Å². The highest BCUT2D eigenvalue weighted by Gasteiger charge is 2.25. The predicted octanol–water partition coefficient (Wildman–Crippen LogP) is 0.892. The first-order valence-corrected chi connectivity index (χ1v) is 5.39. The Kier molecular flexibility index (Phi) is 2.85. The SMILES string of the molecule is CNC(C)c1nn(C2COC2)nc1Br. The lowest BCUT2D eigenvalue weighted by atomic mass is 10.3. The quantitative estimate of drug-likeness (QED) is 0.878. The highest BCUT2D eigenvalue weighted by molar-refractivity contribution is 9.10. The Hall–Kier alpha value is -0.460. The summed E-state index contributed by atoms with van der Waals surface area (Å²) < 4.78 is 5.90. The van der Waals surface area contributed by atoms with Crippen LogP contribution in [0, 0.1) is 0 Å². The molecular formula is C8H13BrN4O. The minimum absolute atomic E-state index is 0.208. The minimum Gasteiger partial charge on any atom is -0.377 e. The number of halogens is 1. The van der Waals surface area contributed by atoms with Crippen LogP contribution in [0.25, 0.3) is 0 Å². The summed E-state index contributed by atoms with van der Waals surface area (Å²) in [5.41, 5.74) is 0.944. The van der Waals surface area contributed by atoms with Crippen molar-refractivity contribution < 1.29 is 4.74 Å². The van der Waals surface area contributed by atoms with Crippen LogP contribution >= 0.6 is 15.9 Å². The van der Waals surface area contributed by atoms with E-state index in [2.05, 4.69) is 38.4 Å². The molecule has 1 atom stereocenters. The summed E-state index contributed by atoms with van der Waals surface area (Å²) in [7, 11) is 1.91. The summed E-state index contributed by atoms with van der Waals surface area (Å²) in [5, 5.41) is 11.9. The Morgan fingerprint density at radius 3 is 2.79 bits per heavy atom. The number of nitrogens with zero attached hydrogens (tertiary/aromatic N) is 3. The maximum Gasteiger partial charge on any atom is 0.153 e. The smallest absolute Gasteiger partial charge is 0.153 e. The second-order valence-electron chi connectivity index (χ2n) is 3.40. The van der Waals surface area contributed by atoms with Gasteiger partial charge in [0.1, 0.15) is 11.7 Å². The van der Waals surface area contributed by atoms with E-state index in [-0.39, 0.29) is 6.04 Å². The van der Waals surface area contributed by atoms with E-state index in [1.807, 2.05) is 7.05 Å². The predicted molar refractivity (Wildman–Crippen MR) is 55.1 cm³/mol. The van der Waals surface area contributed by atoms with Gasteiger partial charge in [-0.05, 0) is 29.9 Å². The van der Waals surface area contributed by atoms with Crippen LogP contribution in [0.5, 0.6) is 0 Å². The lowest BCUT2D eigenvalue weighted by Crippen LogP contribution is -2.32. The first kappa shape index (κ1) is 10.1. The van der Waals surface area contributed by atoms with Crippen molar-refractivity contribution in [1.82, 2.24) is 20.3 Å². The zero-order valence-electron chi connectivity index (χ0n) is 8.20. The van der Waals surface area contributed by atoms with Crippen molar-refractivity contribution in [3.8, 4) is 0 Å². The largest absolute Gasteiger partial charge is 0.377 e. The first-order chi connectivity index (χ1) is 6.72. The highest BCUT2D eigenvalue weighted by Crippen LogP contribution is 2.22. The Bertz CT molecular complexity index is 323. The monoisotopic (exact) mass is 260 g/mol. The van der Waals surface area contributed by atoms with Crippen molar-refractivity contribution in [2.75, 3.05) is 20.3 Å². The number of hydrogen-bond acceptors (Lipinski definition) is 4. The number of hydrogen-bond donors (Lipinski definition) is 1. The van der Waals surface area contributed by atoms with E-state index in [4.69, 9.17) is 4.74 Å². The molecule has 78 valence electrons. The van der Waals surface area contributed by atoms with Crippen LogP contribution in [-0.4, -0.2) is 35.3 Å². The van der Waals surface area contributed by atoms with Gasteiger partial charge in [-0.2, -0.15) is 9.90 Å². The molecule has 1 aliphatic rings. The molecule has 1 saturated heterocycles. The second-order valence-corrected chi connectivity index (χ2v) is 4.15. The van der Waals surface area contributed by atoms with Gasteiger partial charge in [-0.15, -0.1) is 5.10 Å². The number of aromatic nitrogens is 3. The standard InChI is InChI=1S/C8H13BrN4O/c1-5(10-2)7-8(9)12-13(11-7)6-3-14-4-6/h5-6,10H,3-4H2,1-2H3. The summed E-state index contributed by atoms with van der Waals surface area (Å²) in [5.74, 6) is 0. The third kappa shape index (κ3) is 1.69. The molecule has 1 aliphatic heterocycles. The van der Waals surface area contributed by atoms with Gasteiger partial charge in [-0.3, -0.25) is 0 Å². The van der Waals surface area contributed by atoms with Gasteiger partial charge in [0.05, 0.1) is 19.3 Å².